The fourth-order valence-electron chi connectivity index (χ4n) is 2.02. The molecule has 0 saturated carbocycles. The molecular weight excluding hydrogens is 236 g/mol. The molecule has 0 unspecified atom stereocenters. The summed E-state index contributed by atoms with van der Waals surface area (Å²) in [6.45, 7) is 7.20. The van der Waals surface area contributed by atoms with Crippen LogP contribution in [0.15, 0.2) is 24.3 Å². The van der Waals surface area contributed by atoms with Crippen molar-refractivity contribution in [1.82, 2.24) is 4.90 Å². The lowest BCUT2D eigenvalue weighted by Gasteiger charge is -2.26. The second-order valence-electron chi connectivity index (χ2n) is 5.11. The third kappa shape index (κ3) is 5.03. The Kier molecular flexibility index (Phi) is 6.57. The van der Waals surface area contributed by atoms with Gasteiger partial charge in [-0.15, -0.1) is 0 Å². The lowest BCUT2D eigenvalue weighted by molar-refractivity contribution is 0.0988. The number of hydrogen-bond acceptors (Lipinski definition) is 3. The lowest BCUT2D eigenvalue weighted by atomic mass is 10.1. The smallest absolute Gasteiger partial charge is 0.162 e. The molecule has 0 saturated heterocycles. The second-order valence-corrected chi connectivity index (χ2v) is 5.11. The first-order valence-corrected chi connectivity index (χ1v) is 7.11. The minimum absolute atomic E-state index is 0.210. The van der Waals surface area contributed by atoms with E-state index in [-0.39, 0.29) is 5.78 Å². The van der Waals surface area contributed by atoms with Gasteiger partial charge in [0.25, 0.3) is 0 Å². The van der Waals surface area contributed by atoms with Gasteiger partial charge in [0.05, 0.1) is 0 Å². The highest BCUT2D eigenvalue weighted by Gasteiger charge is 2.08. The van der Waals surface area contributed by atoms with Crippen LogP contribution in [0, 0.1) is 0 Å². The molecule has 1 aromatic rings. The van der Waals surface area contributed by atoms with E-state index in [1.165, 1.54) is 5.69 Å². The number of hydrogen-bond donors (Lipinski definition) is 0. The van der Waals surface area contributed by atoms with Gasteiger partial charge in [0, 0.05) is 37.3 Å². The Hall–Kier alpha value is -1.35. The Balaban J connectivity index is 2.76. The first-order chi connectivity index (χ1) is 9.08. The highest BCUT2D eigenvalue weighted by molar-refractivity contribution is 5.96. The highest BCUT2D eigenvalue weighted by atomic mass is 16.1. The van der Waals surface area contributed by atoms with Gasteiger partial charge in [-0.3, -0.25) is 4.79 Å². The third-order valence-corrected chi connectivity index (χ3v) is 3.19. The fraction of sp³-hybridized carbons (Fsp3) is 0.562. The zero-order chi connectivity index (χ0) is 14.3. The molecule has 1 rings (SSSR count). The van der Waals surface area contributed by atoms with E-state index >= 15 is 0 Å². The predicted octanol–water partition coefficient (Wildman–Crippen LogP) is 3.06. The van der Waals surface area contributed by atoms with Crippen molar-refractivity contribution >= 4 is 11.5 Å². The van der Waals surface area contributed by atoms with Crippen LogP contribution in [-0.4, -0.2) is 44.4 Å². The van der Waals surface area contributed by atoms with Crippen molar-refractivity contribution in [2.45, 2.75) is 26.7 Å². The summed E-state index contributed by atoms with van der Waals surface area (Å²) in [5.74, 6) is 0.210. The minimum Gasteiger partial charge on any atom is -0.370 e. The van der Waals surface area contributed by atoms with Gasteiger partial charge < -0.3 is 9.80 Å². The number of benzene rings is 1. The number of rotatable bonds is 8. The summed E-state index contributed by atoms with van der Waals surface area (Å²) in [5.41, 5.74) is 2.02. The van der Waals surface area contributed by atoms with Crippen LogP contribution < -0.4 is 4.90 Å². The number of ketones is 1. The SMILES string of the molecule is CCCN(CCN(C)C)c1ccc(C(=O)CC)cc1. The maximum absolute atomic E-state index is 11.6. The van der Waals surface area contributed by atoms with Gasteiger partial charge in [-0.25, -0.2) is 0 Å². The molecular formula is C16H26N2O. The number of carbonyl (C=O) groups excluding carboxylic acids is 1. The quantitative estimate of drug-likeness (QED) is 0.673. The molecule has 0 spiro atoms. The minimum atomic E-state index is 0.210. The number of Topliss-reactive ketones (excluding diaryl/α,β-unsaturated/α-hetero) is 1. The molecule has 0 atom stereocenters. The molecule has 0 heterocycles. The van der Waals surface area contributed by atoms with Gasteiger partial charge >= 0.3 is 0 Å². The highest BCUT2D eigenvalue weighted by Crippen LogP contribution is 2.16. The monoisotopic (exact) mass is 262 g/mol. The molecule has 0 N–H and O–H groups in total. The standard InChI is InChI=1S/C16H26N2O/c1-5-11-18(13-12-17(3)4)15-9-7-14(8-10-15)16(19)6-2/h7-10H,5-6,11-13H2,1-4H3. The summed E-state index contributed by atoms with van der Waals surface area (Å²) in [6, 6.07) is 8.02. The van der Waals surface area contributed by atoms with E-state index in [0.717, 1.165) is 31.6 Å². The predicted molar refractivity (Wildman–Crippen MR) is 82.1 cm³/mol. The first-order valence-electron chi connectivity index (χ1n) is 7.11. The van der Waals surface area contributed by atoms with E-state index in [1.807, 2.05) is 19.1 Å². The molecule has 3 nitrogen and oxygen atoms in total. The van der Waals surface area contributed by atoms with Crippen LogP contribution in [0.2, 0.25) is 0 Å². The van der Waals surface area contributed by atoms with Gasteiger partial charge in [-0.2, -0.15) is 0 Å². The first kappa shape index (κ1) is 15.7. The van der Waals surface area contributed by atoms with E-state index in [1.54, 1.807) is 0 Å². The van der Waals surface area contributed by atoms with E-state index < -0.39 is 0 Å². The summed E-state index contributed by atoms with van der Waals surface area (Å²) in [7, 11) is 4.18. The Morgan fingerprint density at radius 3 is 2.11 bits per heavy atom. The lowest BCUT2D eigenvalue weighted by Crippen LogP contribution is -2.32. The van der Waals surface area contributed by atoms with Crippen LogP contribution in [0.4, 0.5) is 5.69 Å². The van der Waals surface area contributed by atoms with Crippen LogP contribution in [-0.2, 0) is 0 Å². The zero-order valence-electron chi connectivity index (χ0n) is 12.6. The van der Waals surface area contributed by atoms with Gasteiger partial charge in [-0.05, 0) is 44.8 Å². The zero-order valence-corrected chi connectivity index (χ0v) is 12.6. The molecule has 3 heteroatoms. The molecule has 0 aliphatic heterocycles. The number of nitrogens with zero attached hydrogens (tertiary/aromatic N) is 2. The summed E-state index contributed by atoms with van der Waals surface area (Å²) in [4.78, 5) is 16.2. The average Bonchev–Trinajstić information content (AvgIpc) is 2.42. The largest absolute Gasteiger partial charge is 0.370 e. The van der Waals surface area contributed by atoms with Crippen LogP contribution in [0.5, 0.6) is 0 Å². The van der Waals surface area contributed by atoms with Crippen molar-refractivity contribution in [2.75, 3.05) is 38.6 Å². The molecule has 0 fully saturated rings. The maximum atomic E-state index is 11.6. The Morgan fingerprint density at radius 1 is 1.00 bits per heavy atom. The van der Waals surface area contributed by atoms with Crippen LogP contribution in [0.25, 0.3) is 0 Å². The van der Waals surface area contributed by atoms with E-state index in [9.17, 15) is 4.79 Å². The molecule has 0 aliphatic carbocycles. The average molecular weight is 262 g/mol. The van der Waals surface area contributed by atoms with Gasteiger partial charge in [-0.1, -0.05) is 13.8 Å². The van der Waals surface area contributed by atoms with Crippen molar-refractivity contribution in [3.05, 3.63) is 29.8 Å². The van der Waals surface area contributed by atoms with Crippen LogP contribution in [0.1, 0.15) is 37.0 Å². The van der Waals surface area contributed by atoms with Gasteiger partial charge in [0.1, 0.15) is 0 Å². The molecule has 0 radical (unpaired) electrons. The topological polar surface area (TPSA) is 23.6 Å². The summed E-state index contributed by atoms with van der Waals surface area (Å²) >= 11 is 0. The Morgan fingerprint density at radius 2 is 1.63 bits per heavy atom. The molecule has 106 valence electrons. The maximum Gasteiger partial charge on any atom is 0.162 e. The van der Waals surface area contributed by atoms with Gasteiger partial charge in [0.15, 0.2) is 5.78 Å². The third-order valence-electron chi connectivity index (χ3n) is 3.19. The Bertz CT molecular complexity index is 384. The second kappa shape index (κ2) is 7.95. The Labute approximate surface area is 117 Å². The van der Waals surface area contributed by atoms with E-state index in [2.05, 4.69) is 43.0 Å². The van der Waals surface area contributed by atoms with Crippen LogP contribution >= 0.6 is 0 Å². The number of likely N-dealkylation sites (N-methyl/N-ethyl adjacent to an activating group) is 1. The molecule has 0 amide bonds. The van der Waals surface area contributed by atoms with Crippen LogP contribution in [0.3, 0.4) is 0 Å². The van der Waals surface area contributed by atoms with E-state index in [4.69, 9.17) is 0 Å². The summed E-state index contributed by atoms with van der Waals surface area (Å²) < 4.78 is 0. The van der Waals surface area contributed by atoms with E-state index in [0.29, 0.717) is 6.42 Å². The van der Waals surface area contributed by atoms with Crippen molar-refractivity contribution in [2.24, 2.45) is 0 Å². The molecule has 19 heavy (non-hydrogen) atoms. The molecule has 0 bridgehead atoms. The normalized spacial score (nSPS) is 10.8. The fourth-order valence-corrected chi connectivity index (χ4v) is 2.02. The van der Waals surface area contributed by atoms with Gasteiger partial charge in [0.2, 0.25) is 0 Å². The number of carbonyl (C=O) groups is 1. The summed E-state index contributed by atoms with van der Waals surface area (Å²) in [6.07, 6.45) is 1.70. The molecule has 0 aliphatic rings. The van der Waals surface area contributed by atoms with Crippen molar-refractivity contribution < 1.29 is 4.79 Å². The van der Waals surface area contributed by atoms with Crippen molar-refractivity contribution in [1.29, 1.82) is 0 Å². The molecule has 1 aromatic carbocycles. The summed E-state index contributed by atoms with van der Waals surface area (Å²) in [5, 5.41) is 0. The van der Waals surface area contributed by atoms with Crippen molar-refractivity contribution in [3.63, 3.8) is 0 Å². The number of anilines is 1. The van der Waals surface area contributed by atoms with Crippen molar-refractivity contribution in [3.8, 4) is 0 Å². The molecule has 0 aromatic heterocycles.